The molecule has 0 amide bonds. The van der Waals surface area contributed by atoms with Gasteiger partial charge >= 0.3 is 0 Å². The van der Waals surface area contributed by atoms with Crippen molar-refractivity contribution in [3.05, 3.63) is 41.9 Å². The Hall–Kier alpha value is -2.94. The van der Waals surface area contributed by atoms with Gasteiger partial charge in [-0.3, -0.25) is 0 Å². The Kier molecular flexibility index (Phi) is 3.24. The number of aryl methyl sites for hydroxylation is 1. The first-order valence-corrected chi connectivity index (χ1v) is 6.51. The van der Waals surface area contributed by atoms with Crippen molar-refractivity contribution in [2.75, 3.05) is 7.11 Å². The van der Waals surface area contributed by atoms with Crippen LogP contribution in [0.4, 0.5) is 5.69 Å². The second kappa shape index (κ2) is 5.21. The average Bonchev–Trinajstić information content (AvgIpc) is 2.92. The zero-order valence-corrected chi connectivity index (χ0v) is 11.7. The number of ether oxygens (including phenoxy) is 1. The summed E-state index contributed by atoms with van der Waals surface area (Å²) in [7, 11) is 1.55. The fourth-order valence-electron chi connectivity index (χ4n) is 2.29. The van der Waals surface area contributed by atoms with Gasteiger partial charge in [-0.05, 0) is 19.1 Å². The molecule has 104 valence electrons. The molecule has 0 spiro atoms. The minimum atomic E-state index is 0.448. The van der Waals surface area contributed by atoms with Crippen molar-refractivity contribution in [3.63, 3.8) is 0 Å². The number of imidazole rings is 1. The van der Waals surface area contributed by atoms with Crippen molar-refractivity contribution in [3.8, 4) is 17.3 Å². The van der Waals surface area contributed by atoms with Crippen LogP contribution in [0.2, 0.25) is 0 Å². The lowest BCUT2D eigenvalue weighted by Gasteiger charge is -2.06. The third-order valence-corrected chi connectivity index (χ3v) is 3.28. The van der Waals surface area contributed by atoms with E-state index in [1.807, 2.05) is 19.1 Å². The van der Waals surface area contributed by atoms with Crippen LogP contribution in [0.1, 0.15) is 6.92 Å². The SMILES string of the molecule is [C-]#[N+]c1ccc2nc(-c3cnnc(OC)c3)n(CC)c2c1. The molecule has 0 fully saturated rings. The summed E-state index contributed by atoms with van der Waals surface area (Å²) in [6, 6.07) is 7.30. The molecule has 0 aliphatic rings. The average molecular weight is 279 g/mol. The molecule has 0 saturated heterocycles. The summed E-state index contributed by atoms with van der Waals surface area (Å²) >= 11 is 0. The molecule has 0 N–H and O–H groups in total. The molecule has 2 heterocycles. The molecule has 21 heavy (non-hydrogen) atoms. The molecule has 6 heteroatoms. The number of hydrogen-bond donors (Lipinski definition) is 0. The van der Waals surface area contributed by atoms with Crippen LogP contribution in [-0.2, 0) is 6.54 Å². The second-order valence-electron chi connectivity index (χ2n) is 4.45. The standard InChI is InChI=1S/C15H13N5O/c1-4-20-13-8-11(16-2)5-6-12(13)18-15(20)10-7-14(21-3)19-17-9-10/h5-9H,4H2,1,3H3. The van der Waals surface area contributed by atoms with Crippen LogP contribution < -0.4 is 4.74 Å². The largest absolute Gasteiger partial charge is 0.480 e. The van der Waals surface area contributed by atoms with Gasteiger partial charge < -0.3 is 9.30 Å². The fraction of sp³-hybridized carbons (Fsp3) is 0.200. The molecular formula is C15H13N5O. The van der Waals surface area contributed by atoms with Gasteiger partial charge in [-0.1, -0.05) is 6.07 Å². The Morgan fingerprint density at radius 1 is 1.33 bits per heavy atom. The van der Waals surface area contributed by atoms with Gasteiger partial charge in [-0.25, -0.2) is 9.83 Å². The summed E-state index contributed by atoms with van der Waals surface area (Å²) < 4.78 is 7.17. The van der Waals surface area contributed by atoms with E-state index in [1.54, 1.807) is 25.4 Å². The number of aromatic nitrogens is 4. The monoisotopic (exact) mass is 279 g/mol. The van der Waals surface area contributed by atoms with E-state index in [0.717, 1.165) is 29.0 Å². The van der Waals surface area contributed by atoms with Crippen LogP contribution in [-0.4, -0.2) is 26.9 Å². The van der Waals surface area contributed by atoms with E-state index in [0.29, 0.717) is 11.6 Å². The Morgan fingerprint density at radius 2 is 2.19 bits per heavy atom. The maximum Gasteiger partial charge on any atom is 0.233 e. The molecule has 0 atom stereocenters. The molecule has 3 rings (SSSR count). The van der Waals surface area contributed by atoms with Crippen molar-refractivity contribution >= 4 is 16.7 Å². The highest BCUT2D eigenvalue weighted by molar-refractivity contribution is 5.84. The van der Waals surface area contributed by atoms with Crippen LogP contribution >= 0.6 is 0 Å². The van der Waals surface area contributed by atoms with E-state index in [9.17, 15) is 0 Å². The highest BCUT2D eigenvalue weighted by Crippen LogP contribution is 2.28. The molecule has 0 unspecified atom stereocenters. The Bertz CT molecular complexity index is 847. The van der Waals surface area contributed by atoms with E-state index in [4.69, 9.17) is 11.3 Å². The first kappa shape index (κ1) is 13.1. The lowest BCUT2D eigenvalue weighted by Crippen LogP contribution is -1.99. The van der Waals surface area contributed by atoms with Crippen molar-refractivity contribution in [2.45, 2.75) is 13.5 Å². The van der Waals surface area contributed by atoms with Crippen LogP contribution in [0.15, 0.2) is 30.5 Å². The second-order valence-corrected chi connectivity index (χ2v) is 4.45. The summed E-state index contributed by atoms with van der Waals surface area (Å²) in [5, 5.41) is 7.81. The summed E-state index contributed by atoms with van der Waals surface area (Å²) in [6.07, 6.45) is 1.66. The molecule has 6 nitrogen and oxygen atoms in total. The molecular weight excluding hydrogens is 266 g/mol. The Balaban J connectivity index is 2.24. The highest BCUT2D eigenvalue weighted by Gasteiger charge is 2.13. The lowest BCUT2D eigenvalue weighted by molar-refractivity contribution is 0.392. The predicted molar refractivity (Wildman–Crippen MR) is 79.2 cm³/mol. The van der Waals surface area contributed by atoms with Crippen molar-refractivity contribution in [2.24, 2.45) is 0 Å². The van der Waals surface area contributed by atoms with Crippen molar-refractivity contribution < 1.29 is 4.74 Å². The molecule has 0 saturated carbocycles. The number of hydrogen-bond acceptors (Lipinski definition) is 4. The fourth-order valence-corrected chi connectivity index (χ4v) is 2.29. The number of rotatable bonds is 3. The zero-order chi connectivity index (χ0) is 14.8. The molecule has 0 aliphatic heterocycles. The number of benzene rings is 1. The third-order valence-electron chi connectivity index (χ3n) is 3.28. The van der Waals surface area contributed by atoms with Gasteiger partial charge in [0, 0.05) is 18.2 Å². The van der Waals surface area contributed by atoms with Crippen molar-refractivity contribution in [1.82, 2.24) is 19.7 Å². The molecule has 2 aromatic heterocycles. The predicted octanol–water partition coefficient (Wildman–Crippen LogP) is 3.07. The van der Waals surface area contributed by atoms with Gasteiger partial charge in [0.25, 0.3) is 0 Å². The third kappa shape index (κ3) is 2.19. The van der Waals surface area contributed by atoms with Crippen LogP contribution in [0.3, 0.4) is 0 Å². The highest BCUT2D eigenvalue weighted by atomic mass is 16.5. The maximum atomic E-state index is 7.13. The summed E-state index contributed by atoms with van der Waals surface area (Å²) in [5.41, 5.74) is 3.24. The summed E-state index contributed by atoms with van der Waals surface area (Å²) in [6.45, 7) is 9.92. The van der Waals surface area contributed by atoms with Gasteiger partial charge in [0.1, 0.15) is 5.82 Å². The lowest BCUT2D eigenvalue weighted by atomic mass is 10.2. The maximum absolute atomic E-state index is 7.13. The minimum Gasteiger partial charge on any atom is -0.480 e. The van der Waals surface area contributed by atoms with E-state index in [1.165, 1.54) is 0 Å². The normalized spacial score (nSPS) is 10.5. The van der Waals surface area contributed by atoms with E-state index in [-0.39, 0.29) is 0 Å². The van der Waals surface area contributed by atoms with E-state index >= 15 is 0 Å². The van der Waals surface area contributed by atoms with E-state index < -0.39 is 0 Å². The Labute approximate surface area is 121 Å². The van der Waals surface area contributed by atoms with Crippen LogP contribution in [0.25, 0.3) is 27.3 Å². The summed E-state index contributed by atoms with van der Waals surface area (Å²) in [4.78, 5) is 8.11. The van der Waals surface area contributed by atoms with Crippen molar-refractivity contribution in [1.29, 1.82) is 0 Å². The number of nitrogens with zero attached hydrogens (tertiary/aromatic N) is 5. The molecule has 0 aliphatic carbocycles. The molecule has 3 aromatic rings. The zero-order valence-electron chi connectivity index (χ0n) is 11.7. The number of fused-ring (bicyclic) bond motifs is 1. The van der Waals surface area contributed by atoms with Crippen LogP contribution in [0, 0.1) is 6.57 Å². The topological polar surface area (TPSA) is 57.2 Å². The van der Waals surface area contributed by atoms with Gasteiger partial charge in [0.05, 0.1) is 30.9 Å². The first-order chi connectivity index (χ1) is 10.3. The van der Waals surface area contributed by atoms with Gasteiger partial charge in [-0.2, -0.15) is 5.10 Å². The Morgan fingerprint density at radius 3 is 2.90 bits per heavy atom. The van der Waals surface area contributed by atoms with Gasteiger partial charge in [-0.15, -0.1) is 5.10 Å². The van der Waals surface area contributed by atoms with Gasteiger partial charge in [0.2, 0.25) is 5.88 Å². The van der Waals surface area contributed by atoms with Gasteiger partial charge in [0.15, 0.2) is 5.69 Å². The molecule has 0 radical (unpaired) electrons. The van der Waals surface area contributed by atoms with E-state index in [2.05, 4.69) is 24.6 Å². The minimum absolute atomic E-state index is 0.448. The van der Waals surface area contributed by atoms with Crippen LogP contribution in [0.5, 0.6) is 5.88 Å². The quantitative estimate of drug-likeness (QED) is 0.691. The smallest absolute Gasteiger partial charge is 0.233 e. The number of methoxy groups -OCH3 is 1. The molecule has 0 bridgehead atoms. The first-order valence-electron chi connectivity index (χ1n) is 6.51. The summed E-state index contributed by atoms with van der Waals surface area (Å²) in [5.74, 6) is 1.24. The molecule has 1 aromatic carbocycles.